The molecule has 3 aromatic carbocycles. The standard InChI is InChI=1S/C27H18F6N4O3S2/c1-16-2-4-17(5-3-16)22-14-23(27(31,32)33)34-37(22)20-10-12-21(13-11-20)42(39,40)35-25-36(24(38)15-41-25)19-8-6-18(7-9-19)26(28,29)30/h2-14H,15H2,1H3/b35-25-. The van der Waals surface area contributed by atoms with Crippen molar-refractivity contribution in [2.24, 2.45) is 4.40 Å². The summed E-state index contributed by atoms with van der Waals surface area (Å²) < 4.78 is 110. The summed E-state index contributed by atoms with van der Waals surface area (Å²) in [6.07, 6.45) is -9.32. The second-order valence-corrected chi connectivity index (χ2v) is 11.6. The van der Waals surface area contributed by atoms with Gasteiger partial charge in [0.05, 0.1) is 33.3 Å². The van der Waals surface area contributed by atoms with Gasteiger partial charge in [-0.25, -0.2) is 4.68 Å². The van der Waals surface area contributed by atoms with Crippen LogP contribution in [0.2, 0.25) is 0 Å². The van der Waals surface area contributed by atoms with Gasteiger partial charge < -0.3 is 0 Å². The lowest BCUT2D eigenvalue weighted by Crippen LogP contribution is -2.29. The van der Waals surface area contributed by atoms with Crippen LogP contribution in [0.15, 0.2) is 88.2 Å². The first-order valence-corrected chi connectivity index (χ1v) is 14.4. The molecule has 0 bridgehead atoms. The summed E-state index contributed by atoms with van der Waals surface area (Å²) in [5.74, 6) is -0.761. The Balaban J connectivity index is 1.47. The fourth-order valence-corrected chi connectivity index (χ4v) is 6.14. The van der Waals surface area contributed by atoms with Crippen molar-refractivity contribution < 1.29 is 39.6 Å². The Labute approximate surface area is 239 Å². The number of benzene rings is 3. The molecule has 1 fully saturated rings. The van der Waals surface area contributed by atoms with Crippen molar-refractivity contribution in [1.82, 2.24) is 9.78 Å². The minimum absolute atomic E-state index is 0.00471. The first kappa shape index (κ1) is 29.4. The van der Waals surface area contributed by atoms with E-state index in [1.54, 1.807) is 24.3 Å². The molecular weight excluding hydrogens is 606 g/mol. The summed E-state index contributed by atoms with van der Waals surface area (Å²) in [5.41, 5.74) is -0.441. The van der Waals surface area contributed by atoms with Crippen LogP contribution in [0.4, 0.5) is 32.0 Å². The lowest BCUT2D eigenvalue weighted by molar-refractivity contribution is -0.141. The highest BCUT2D eigenvalue weighted by Gasteiger charge is 2.36. The molecule has 0 unspecified atom stereocenters. The van der Waals surface area contributed by atoms with Crippen LogP contribution < -0.4 is 4.90 Å². The van der Waals surface area contributed by atoms with E-state index in [0.29, 0.717) is 5.56 Å². The fraction of sp³-hybridized carbons (Fsp3) is 0.148. The Hall–Kier alpha value is -4.11. The molecule has 0 radical (unpaired) electrons. The lowest BCUT2D eigenvalue weighted by Gasteiger charge is -2.17. The Bertz CT molecular complexity index is 1780. The summed E-state index contributed by atoms with van der Waals surface area (Å²) in [4.78, 5) is 13.0. The largest absolute Gasteiger partial charge is 0.435 e. The van der Waals surface area contributed by atoms with Crippen molar-refractivity contribution in [3.8, 4) is 16.9 Å². The highest BCUT2D eigenvalue weighted by atomic mass is 32.2. The van der Waals surface area contributed by atoms with E-state index in [-0.39, 0.29) is 32.9 Å². The monoisotopic (exact) mass is 624 g/mol. The normalized spacial score (nSPS) is 15.5. The quantitative estimate of drug-likeness (QED) is 0.231. The van der Waals surface area contributed by atoms with E-state index in [4.69, 9.17) is 0 Å². The van der Waals surface area contributed by atoms with Crippen LogP contribution in [0.25, 0.3) is 16.9 Å². The van der Waals surface area contributed by atoms with E-state index < -0.39 is 39.5 Å². The summed E-state index contributed by atoms with van der Waals surface area (Å²) in [6, 6.07) is 16.0. The molecule has 0 saturated carbocycles. The van der Waals surface area contributed by atoms with Gasteiger partial charge in [0, 0.05) is 5.56 Å². The Morgan fingerprint density at radius 3 is 2.00 bits per heavy atom. The van der Waals surface area contributed by atoms with Gasteiger partial charge in [-0.2, -0.15) is 39.9 Å². The highest BCUT2D eigenvalue weighted by molar-refractivity contribution is 8.16. The predicted octanol–water partition coefficient (Wildman–Crippen LogP) is 6.71. The van der Waals surface area contributed by atoms with Crippen LogP contribution in [0.3, 0.4) is 0 Å². The second-order valence-electron chi connectivity index (χ2n) is 9.10. The zero-order chi connectivity index (χ0) is 30.4. The van der Waals surface area contributed by atoms with Crippen molar-refractivity contribution in [3.63, 3.8) is 0 Å². The number of hydrogen-bond acceptors (Lipinski definition) is 5. The number of aromatic nitrogens is 2. The van der Waals surface area contributed by atoms with Gasteiger partial charge in [0.15, 0.2) is 10.9 Å². The number of carbonyl (C=O) groups is 1. The Morgan fingerprint density at radius 2 is 1.43 bits per heavy atom. The maximum atomic E-state index is 13.5. The number of alkyl halides is 6. The SMILES string of the molecule is Cc1ccc(-c2cc(C(F)(F)F)nn2-c2ccc(S(=O)(=O)/N=C3\SCC(=O)N3c3ccc(C(F)(F)F)cc3)cc2)cc1. The number of carbonyl (C=O) groups excluding carboxylic acids is 1. The summed E-state index contributed by atoms with van der Waals surface area (Å²) in [7, 11) is -4.44. The van der Waals surface area contributed by atoms with Gasteiger partial charge >= 0.3 is 12.4 Å². The number of anilines is 1. The minimum Gasteiger partial charge on any atom is -0.273 e. The molecule has 42 heavy (non-hydrogen) atoms. The van der Waals surface area contributed by atoms with Crippen molar-refractivity contribution in [2.45, 2.75) is 24.2 Å². The predicted molar refractivity (Wildman–Crippen MR) is 145 cm³/mol. The first-order chi connectivity index (χ1) is 19.6. The maximum absolute atomic E-state index is 13.5. The Kier molecular flexibility index (Phi) is 7.43. The van der Waals surface area contributed by atoms with Crippen LogP contribution >= 0.6 is 11.8 Å². The average molecular weight is 625 g/mol. The van der Waals surface area contributed by atoms with E-state index in [1.165, 1.54) is 12.1 Å². The molecule has 218 valence electrons. The van der Waals surface area contributed by atoms with Gasteiger partial charge in [0.25, 0.3) is 10.0 Å². The lowest BCUT2D eigenvalue weighted by atomic mass is 10.1. The molecule has 0 aliphatic carbocycles. The van der Waals surface area contributed by atoms with Crippen molar-refractivity contribution in [3.05, 3.63) is 95.7 Å². The molecule has 2 heterocycles. The van der Waals surface area contributed by atoms with E-state index in [9.17, 15) is 39.6 Å². The molecule has 1 aromatic heterocycles. The molecule has 7 nitrogen and oxygen atoms in total. The maximum Gasteiger partial charge on any atom is 0.435 e. The number of rotatable bonds is 5. The molecule has 0 atom stereocenters. The van der Waals surface area contributed by atoms with E-state index >= 15 is 0 Å². The smallest absolute Gasteiger partial charge is 0.273 e. The van der Waals surface area contributed by atoms with Crippen molar-refractivity contribution in [2.75, 3.05) is 10.7 Å². The number of amides is 1. The van der Waals surface area contributed by atoms with Gasteiger partial charge in [0.1, 0.15) is 0 Å². The van der Waals surface area contributed by atoms with Crippen LogP contribution in [0, 0.1) is 6.92 Å². The number of sulfonamides is 1. The van der Waals surface area contributed by atoms with Crippen molar-refractivity contribution in [1.29, 1.82) is 0 Å². The Morgan fingerprint density at radius 1 is 0.833 bits per heavy atom. The zero-order valence-corrected chi connectivity index (χ0v) is 22.9. The molecule has 5 rings (SSSR count). The molecule has 0 N–H and O–H groups in total. The number of halogens is 6. The third-order valence-electron chi connectivity index (χ3n) is 6.14. The molecule has 1 saturated heterocycles. The van der Waals surface area contributed by atoms with Gasteiger partial charge in [-0.3, -0.25) is 9.69 Å². The summed E-state index contributed by atoms with van der Waals surface area (Å²) in [5, 5.41) is 3.44. The number of thioether (sulfide) groups is 1. The van der Waals surface area contributed by atoms with Crippen LogP contribution in [0.5, 0.6) is 0 Å². The number of aryl methyl sites for hydroxylation is 1. The molecule has 15 heteroatoms. The van der Waals surface area contributed by atoms with E-state index in [2.05, 4.69) is 9.50 Å². The summed E-state index contributed by atoms with van der Waals surface area (Å²) >= 11 is 0.795. The molecule has 1 aliphatic heterocycles. The third-order valence-corrected chi connectivity index (χ3v) is 8.46. The zero-order valence-electron chi connectivity index (χ0n) is 21.3. The van der Waals surface area contributed by atoms with Crippen molar-refractivity contribution >= 4 is 38.5 Å². The highest BCUT2D eigenvalue weighted by Crippen LogP contribution is 2.35. The van der Waals surface area contributed by atoms with Crippen LogP contribution in [-0.4, -0.2) is 35.0 Å². The molecule has 0 spiro atoms. The average Bonchev–Trinajstić information content (AvgIpc) is 3.53. The fourth-order valence-electron chi connectivity index (χ4n) is 4.04. The molecule has 1 aliphatic rings. The van der Waals surface area contributed by atoms with Gasteiger partial charge in [-0.05, 0) is 61.5 Å². The van der Waals surface area contributed by atoms with Gasteiger partial charge in [-0.15, -0.1) is 4.40 Å². The van der Waals surface area contributed by atoms with E-state index in [1.807, 2.05) is 6.92 Å². The van der Waals surface area contributed by atoms with Crippen LogP contribution in [-0.2, 0) is 27.2 Å². The minimum atomic E-state index is -4.72. The second kappa shape index (κ2) is 10.6. The number of amidine groups is 1. The molecular formula is C27H18F6N4O3S2. The number of hydrogen-bond donors (Lipinski definition) is 0. The van der Waals surface area contributed by atoms with Gasteiger partial charge in [-0.1, -0.05) is 41.6 Å². The topological polar surface area (TPSA) is 84.6 Å². The van der Waals surface area contributed by atoms with Gasteiger partial charge in [0.2, 0.25) is 5.91 Å². The third kappa shape index (κ3) is 5.92. The van der Waals surface area contributed by atoms with Crippen LogP contribution in [0.1, 0.15) is 16.8 Å². The first-order valence-electron chi connectivity index (χ1n) is 12.0. The van der Waals surface area contributed by atoms with E-state index in [0.717, 1.165) is 69.4 Å². The molecule has 1 amide bonds. The summed E-state index contributed by atoms with van der Waals surface area (Å²) in [6.45, 7) is 1.83. The molecule has 4 aromatic rings. The number of nitrogens with zero attached hydrogens (tertiary/aromatic N) is 4.